The van der Waals surface area contributed by atoms with E-state index < -0.39 is 0 Å². The van der Waals surface area contributed by atoms with Crippen molar-refractivity contribution in [3.05, 3.63) is 17.8 Å². The summed E-state index contributed by atoms with van der Waals surface area (Å²) in [5, 5.41) is 4.19. The van der Waals surface area contributed by atoms with Crippen LogP contribution < -0.4 is 4.90 Å². The molecule has 6 nitrogen and oxygen atoms in total. The van der Waals surface area contributed by atoms with Crippen molar-refractivity contribution in [3.8, 4) is 10.7 Å². The molecule has 0 spiro atoms. The average molecular weight is 288 g/mol. The molecule has 1 N–H and O–H groups in total. The molecule has 0 amide bonds. The second-order valence-electron chi connectivity index (χ2n) is 5.16. The first kappa shape index (κ1) is 13.0. The Hall–Kier alpha value is -2.02. The molecule has 3 rings (SSSR count). The van der Waals surface area contributed by atoms with Crippen molar-refractivity contribution in [2.75, 3.05) is 19.0 Å². The largest absolute Gasteiger partial charge is 0.363 e. The lowest BCUT2D eigenvalue weighted by molar-refractivity contribution is 0.813. The monoisotopic (exact) mass is 288 g/mol. The summed E-state index contributed by atoms with van der Waals surface area (Å²) in [7, 11) is 3.93. The van der Waals surface area contributed by atoms with Gasteiger partial charge in [-0.25, -0.2) is 9.97 Å². The van der Waals surface area contributed by atoms with E-state index in [1.807, 2.05) is 31.1 Å². The Balaban J connectivity index is 2.11. The van der Waals surface area contributed by atoms with Crippen LogP contribution in [0.15, 0.2) is 12.1 Å². The molecule has 0 aliphatic heterocycles. The number of rotatable bonds is 3. The summed E-state index contributed by atoms with van der Waals surface area (Å²) in [4.78, 5) is 15.4. The standard InChI is InChI=1S/C13H16N6S/c1-7(2)10-11(20-18-17-10)13-14-8-5-6-9(19(3)4)15-12(8)16-13/h5-7H,1-4H3,(H,14,15,16). The van der Waals surface area contributed by atoms with Gasteiger partial charge in [0.05, 0.1) is 11.2 Å². The van der Waals surface area contributed by atoms with E-state index >= 15 is 0 Å². The topological polar surface area (TPSA) is 70.6 Å². The molecule has 3 aromatic heterocycles. The lowest BCUT2D eigenvalue weighted by atomic mass is 10.1. The van der Waals surface area contributed by atoms with E-state index in [2.05, 4.69) is 38.4 Å². The summed E-state index contributed by atoms with van der Waals surface area (Å²) in [5.74, 6) is 2.01. The number of imidazole rings is 1. The van der Waals surface area contributed by atoms with E-state index in [4.69, 9.17) is 0 Å². The highest BCUT2D eigenvalue weighted by Gasteiger charge is 2.17. The summed E-state index contributed by atoms with van der Waals surface area (Å²) < 4.78 is 4.04. The molecule has 0 radical (unpaired) electrons. The van der Waals surface area contributed by atoms with Gasteiger partial charge in [0.1, 0.15) is 10.7 Å². The second-order valence-corrected chi connectivity index (χ2v) is 5.92. The van der Waals surface area contributed by atoms with Crippen LogP contribution in [0.5, 0.6) is 0 Å². The van der Waals surface area contributed by atoms with E-state index in [0.29, 0.717) is 11.6 Å². The Morgan fingerprint density at radius 2 is 2.00 bits per heavy atom. The van der Waals surface area contributed by atoms with E-state index in [1.54, 1.807) is 0 Å². The molecular formula is C13H16N6S. The van der Waals surface area contributed by atoms with Crippen LogP contribution in [-0.4, -0.2) is 38.6 Å². The number of aromatic nitrogens is 5. The number of nitrogens with one attached hydrogen (secondary N) is 1. The Kier molecular flexibility index (Phi) is 3.13. The van der Waals surface area contributed by atoms with Crippen molar-refractivity contribution >= 4 is 28.5 Å². The Morgan fingerprint density at radius 3 is 2.70 bits per heavy atom. The summed E-state index contributed by atoms with van der Waals surface area (Å²) in [5.41, 5.74) is 2.62. The SMILES string of the molecule is CC(C)c1nnsc1-c1nc2nc(N(C)C)ccc2[nH]1. The molecule has 20 heavy (non-hydrogen) atoms. The van der Waals surface area contributed by atoms with Crippen LogP contribution in [-0.2, 0) is 0 Å². The summed E-state index contributed by atoms with van der Waals surface area (Å²) in [6, 6.07) is 3.97. The first-order valence-electron chi connectivity index (χ1n) is 6.43. The van der Waals surface area contributed by atoms with Crippen LogP contribution in [0.1, 0.15) is 25.5 Å². The molecule has 0 aliphatic carbocycles. The second kappa shape index (κ2) is 4.82. The molecule has 7 heteroatoms. The fourth-order valence-electron chi connectivity index (χ4n) is 1.98. The van der Waals surface area contributed by atoms with Crippen molar-refractivity contribution in [2.24, 2.45) is 0 Å². The molecular weight excluding hydrogens is 272 g/mol. The van der Waals surface area contributed by atoms with Crippen molar-refractivity contribution in [1.82, 2.24) is 24.5 Å². The van der Waals surface area contributed by atoms with Gasteiger partial charge in [0.25, 0.3) is 0 Å². The molecule has 0 saturated heterocycles. The van der Waals surface area contributed by atoms with Crippen molar-refractivity contribution in [3.63, 3.8) is 0 Å². The zero-order valence-corrected chi connectivity index (χ0v) is 12.7. The quantitative estimate of drug-likeness (QED) is 0.802. The fourth-order valence-corrected chi connectivity index (χ4v) is 2.74. The smallest absolute Gasteiger partial charge is 0.180 e. The molecule has 3 aromatic rings. The Labute approximate surface area is 121 Å². The molecule has 3 heterocycles. The average Bonchev–Trinajstić information content (AvgIpc) is 3.03. The van der Waals surface area contributed by atoms with Gasteiger partial charge in [-0.05, 0) is 29.6 Å². The van der Waals surface area contributed by atoms with Gasteiger partial charge in [-0.3, -0.25) is 0 Å². The van der Waals surface area contributed by atoms with Gasteiger partial charge >= 0.3 is 0 Å². The zero-order valence-electron chi connectivity index (χ0n) is 11.9. The minimum atomic E-state index is 0.322. The zero-order chi connectivity index (χ0) is 14.3. The molecule has 0 bridgehead atoms. The van der Waals surface area contributed by atoms with Gasteiger partial charge in [-0.1, -0.05) is 18.3 Å². The third-order valence-electron chi connectivity index (χ3n) is 3.06. The summed E-state index contributed by atoms with van der Waals surface area (Å²) >= 11 is 1.36. The van der Waals surface area contributed by atoms with Crippen molar-refractivity contribution < 1.29 is 0 Å². The molecule has 0 atom stereocenters. The number of H-pyrrole nitrogens is 1. The van der Waals surface area contributed by atoms with E-state index in [9.17, 15) is 0 Å². The number of hydrogen-bond donors (Lipinski definition) is 1. The van der Waals surface area contributed by atoms with Gasteiger partial charge in [0.2, 0.25) is 0 Å². The molecule has 0 aliphatic rings. The summed E-state index contributed by atoms with van der Waals surface area (Å²) in [6.45, 7) is 4.20. The van der Waals surface area contributed by atoms with Gasteiger partial charge in [0.15, 0.2) is 11.5 Å². The maximum absolute atomic E-state index is 4.58. The third kappa shape index (κ3) is 2.14. The first-order valence-corrected chi connectivity index (χ1v) is 7.20. The predicted octanol–water partition coefficient (Wildman–Crippen LogP) is 2.67. The number of nitrogens with zero attached hydrogens (tertiary/aromatic N) is 5. The normalized spacial score (nSPS) is 11.4. The van der Waals surface area contributed by atoms with Crippen LogP contribution in [0.2, 0.25) is 0 Å². The van der Waals surface area contributed by atoms with Crippen molar-refractivity contribution in [1.29, 1.82) is 0 Å². The van der Waals surface area contributed by atoms with Gasteiger partial charge in [0, 0.05) is 14.1 Å². The molecule has 0 fully saturated rings. The highest BCUT2D eigenvalue weighted by Crippen LogP contribution is 2.30. The van der Waals surface area contributed by atoms with Crippen LogP contribution in [0.3, 0.4) is 0 Å². The lowest BCUT2D eigenvalue weighted by Crippen LogP contribution is -2.10. The highest BCUT2D eigenvalue weighted by atomic mass is 32.1. The minimum absolute atomic E-state index is 0.322. The maximum atomic E-state index is 4.58. The predicted molar refractivity (Wildman–Crippen MR) is 81.2 cm³/mol. The number of pyridine rings is 1. The van der Waals surface area contributed by atoms with Gasteiger partial charge < -0.3 is 9.88 Å². The number of aromatic amines is 1. The van der Waals surface area contributed by atoms with E-state index in [1.165, 1.54) is 11.5 Å². The molecule has 0 saturated carbocycles. The number of hydrogen-bond acceptors (Lipinski definition) is 6. The molecule has 104 valence electrons. The van der Waals surface area contributed by atoms with Crippen molar-refractivity contribution in [2.45, 2.75) is 19.8 Å². The Morgan fingerprint density at radius 1 is 1.20 bits per heavy atom. The van der Waals surface area contributed by atoms with Crippen LogP contribution in [0.4, 0.5) is 5.82 Å². The van der Waals surface area contributed by atoms with E-state index in [0.717, 1.165) is 27.7 Å². The van der Waals surface area contributed by atoms with Gasteiger partial charge in [-0.2, -0.15) is 0 Å². The highest BCUT2D eigenvalue weighted by molar-refractivity contribution is 7.09. The maximum Gasteiger partial charge on any atom is 0.180 e. The fraction of sp³-hybridized carbons (Fsp3) is 0.385. The van der Waals surface area contributed by atoms with E-state index in [-0.39, 0.29) is 0 Å². The molecule has 0 aromatic carbocycles. The lowest BCUT2D eigenvalue weighted by Gasteiger charge is -2.09. The number of fused-ring (bicyclic) bond motifs is 1. The summed E-state index contributed by atoms with van der Waals surface area (Å²) in [6.07, 6.45) is 0. The first-order chi connectivity index (χ1) is 9.56. The third-order valence-corrected chi connectivity index (χ3v) is 3.81. The van der Waals surface area contributed by atoms with Crippen LogP contribution in [0, 0.1) is 0 Å². The minimum Gasteiger partial charge on any atom is -0.363 e. The molecule has 0 unspecified atom stereocenters. The van der Waals surface area contributed by atoms with Gasteiger partial charge in [-0.15, -0.1) is 5.10 Å². The number of anilines is 1. The van der Waals surface area contributed by atoms with Crippen LogP contribution >= 0.6 is 11.5 Å². The Bertz CT molecular complexity index is 742. The van der Waals surface area contributed by atoms with Crippen LogP contribution in [0.25, 0.3) is 21.9 Å².